The Hall–Kier alpha value is -2.79. The van der Waals surface area contributed by atoms with E-state index in [4.69, 9.17) is 9.47 Å². The number of benzene rings is 2. The van der Waals surface area contributed by atoms with E-state index in [2.05, 4.69) is 34.6 Å². The number of carbonyl (C=O) groups is 1. The van der Waals surface area contributed by atoms with Gasteiger partial charge in [0.2, 0.25) is 5.91 Å². The molecule has 0 radical (unpaired) electrons. The largest absolute Gasteiger partial charge is 0.497 e. The van der Waals surface area contributed by atoms with Crippen molar-refractivity contribution in [1.82, 2.24) is 10.3 Å². The van der Waals surface area contributed by atoms with Gasteiger partial charge < -0.3 is 19.8 Å². The van der Waals surface area contributed by atoms with Crippen LogP contribution in [0, 0.1) is 5.92 Å². The van der Waals surface area contributed by atoms with Crippen LogP contribution in [0.15, 0.2) is 54.7 Å². The Balaban J connectivity index is 1.63. The molecule has 1 aliphatic heterocycles. The van der Waals surface area contributed by atoms with Crippen molar-refractivity contribution in [2.75, 3.05) is 26.9 Å². The monoisotopic (exact) mass is 364 g/mol. The molecule has 1 fully saturated rings. The first-order chi connectivity index (χ1) is 13.3. The van der Waals surface area contributed by atoms with Gasteiger partial charge in [-0.25, -0.2) is 0 Å². The fourth-order valence-electron chi connectivity index (χ4n) is 3.71. The predicted octanol–water partition coefficient (Wildman–Crippen LogP) is 3.46. The van der Waals surface area contributed by atoms with E-state index in [-0.39, 0.29) is 17.7 Å². The van der Waals surface area contributed by atoms with Gasteiger partial charge in [0.25, 0.3) is 0 Å². The molecule has 2 atom stereocenters. The summed E-state index contributed by atoms with van der Waals surface area (Å²) in [4.78, 5) is 15.8. The van der Waals surface area contributed by atoms with Gasteiger partial charge in [-0.1, -0.05) is 30.3 Å². The first-order valence-corrected chi connectivity index (χ1v) is 9.31. The second-order valence-corrected chi connectivity index (χ2v) is 6.92. The first-order valence-electron chi connectivity index (χ1n) is 9.31. The average molecular weight is 364 g/mol. The lowest BCUT2D eigenvalue weighted by molar-refractivity contribution is -0.124. The van der Waals surface area contributed by atoms with Gasteiger partial charge in [0, 0.05) is 36.2 Å². The minimum Gasteiger partial charge on any atom is -0.497 e. The lowest BCUT2D eigenvalue weighted by atomic mass is 9.90. The molecular weight excluding hydrogens is 340 g/mol. The van der Waals surface area contributed by atoms with Gasteiger partial charge in [0.15, 0.2) is 0 Å². The van der Waals surface area contributed by atoms with E-state index in [1.165, 1.54) is 10.9 Å². The van der Waals surface area contributed by atoms with Gasteiger partial charge in [-0.15, -0.1) is 0 Å². The Morgan fingerprint density at radius 1 is 1.26 bits per heavy atom. The molecule has 1 saturated heterocycles. The predicted molar refractivity (Wildman–Crippen MR) is 105 cm³/mol. The molecular formula is C22H24N2O3. The van der Waals surface area contributed by atoms with Gasteiger partial charge in [0.1, 0.15) is 5.75 Å². The van der Waals surface area contributed by atoms with Crippen LogP contribution in [0.1, 0.15) is 23.5 Å². The Kier molecular flexibility index (Phi) is 5.12. The number of aromatic nitrogens is 1. The Labute approximate surface area is 158 Å². The van der Waals surface area contributed by atoms with E-state index in [1.807, 2.05) is 30.5 Å². The molecule has 1 aromatic heterocycles. The van der Waals surface area contributed by atoms with Gasteiger partial charge in [0.05, 0.1) is 19.6 Å². The van der Waals surface area contributed by atoms with Crippen molar-refractivity contribution < 1.29 is 14.3 Å². The third-order valence-corrected chi connectivity index (χ3v) is 5.30. The quantitative estimate of drug-likeness (QED) is 0.704. The molecule has 5 heteroatoms. The number of carbonyl (C=O) groups excluding carboxylic acids is 1. The minimum absolute atomic E-state index is 0.0375. The number of methoxy groups -OCH3 is 1. The van der Waals surface area contributed by atoms with E-state index in [0.29, 0.717) is 19.8 Å². The molecule has 5 nitrogen and oxygen atoms in total. The lowest BCUT2D eigenvalue weighted by Crippen LogP contribution is -2.34. The summed E-state index contributed by atoms with van der Waals surface area (Å²) in [5.74, 6) is 0.914. The molecule has 1 aliphatic rings. The number of aromatic amines is 1. The minimum atomic E-state index is -0.0375. The smallest absolute Gasteiger partial charge is 0.225 e. The van der Waals surface area contributed by atoms with Crippen molar-refractivity contribution in [3.63, 3.8) is 0 Å². The molecule has 2 N–H and O–H groups in total. The molecule has 4 rings (SSSR count). The zero-order chi connectivity index (χ0) is 18.6. The molecule has 0 saturated carbocycles. The van der Waals surface area contributed by atoms with Gasteiger partial charge >= 0.3 is 0 Å². The SMILES string of the molecule is COc1ccc([C@H](CNC(=O)[C@H]2CCOC2)c2c[nH]c3ccccc23)cc1. The number of hydrogen-bond donors (Lipinski definition) is 2. The molecule has 2 heterocycles. The van der Waals surface area contributed by atoms with Crippen LogP contribution in [-0.2, 0) is 9.53 Å². The topological polar surface area (TPSA) is 63.4 Å². The number of rotatable bonds is 6. The van der Waals surface area contributed by atoms with E-state index < -0.39 is 0 Å². The van der Waals surface area contributed by atoms with E-state index in [9.17, 15) is 4.79 Å². The second kappa shape index (κ2) is 7.84. The fourth-order valence-corrected chi connectivity index (χ4v) is 3.71. The number of hydrogen-bond acceptors (Lipinski definition) is 3. The average Bonchev–Trinajstić information content (AvgIpc) is 3.39. The summed E-state index contributed by atoms with van der Waals surface area (Å²) in [5, 5.41) is 4.32. The maximum absolute atomic E-state index is 12.5. The van der Waals surface area contributed by atoms with E-state index in [0.717, 1.165) is 23.3 Å². The van der Waals surface area contributed by atoms with Crippen LogP contribution < -0.4 is 10.1 Å². The summed E-state index contributed by atoms with van der Waals surface area (Å²) in [6, 6.07) is 16.3. The third-order valence-electron chi connectivity index (χ3n) is 5.30. The normalized spacial score (nSPS) is 17.7. The Bertz CT molecular complexity index is 911. The number of para-hydroxylation sites is 1. The number of H-pyrrole nitrogens is 1. The van der Waals surface area contributed by atoms with E-state index in [1.54, 1.807) is 7.11 Å². The molecule has 1 amide bonds. The van der Waals surface area contributed by atoms with Crippen LogP contribution in [0.3, 0.4) is 0 Å². The van der Waals surface area contributed by atoms with E-state index >= 15 is 0 Å². The van der Waals surface area contributed by atoms with Crippen molar-refractivity contribution in [3.05, 3.63) is 65.9 Å². The number of nitrogens with one attached hydrogen (secondary N) is 2. The summed E-state index contributed by atoms with van der Waals surface area (Å²) < 4.78 is 10.6. The Morgan fingerprint density at radius 2 is 2.07 bits per heavy atom. The number of ether oxygens (including phenoxy) is 2. The molecule has 140 valence electrons. The van der Waals surface area contributed by atoms with Crippen LogP contribution >= 0.6 is 0 Å². The van der Waals surface area contributed by atoms with Gasteiger partial charge in [-0.3, -0.25) is 4.79 Å². The highest BCUT2D eigenvalue weighted by Gasteiger charge is 2.25. The van der Waals surface area contributed by atoms with Gasteiger partial charge in [-0.05, 0) is 35.7 Å². The standard InChI is InChI=1S/C22H24N2O3/c1-26-17-8-6-15(7-9-17)19(12-24-22(25)16-10-11-27-14-16)20-13-23-21-5-3-2-4-18(20)21/h2-9,13,16,19,23H,10-12,14H2,1H3,(H,24,25)/t16-,19-/m0/s1. The molecule has 0 unspecified atom stereocenters. The molecule has 3 aromatic rings. The zero-order valence-corrected chi connectivity index (χ0v) is 15.4. The molecule has 27 heavy (non-hydrogen) atoms. The summed E-state index contributed by atoms with van der Waals surface area (Å²) in [7, 11) is 1.66. The van der Waals surface area contributed by atoms with Crippen molar-refractivity contribution in [2.45, 2.75) is 12.3 Å². The molecule has 0 spiro atoms. The van der Waals surface area contributed by atoms with Crippen LogP contribution in [0.4, 0.5) is 0 Å². The van der Waals surface area contributed by atoms with Crippen molar-refractivity contribution >= 4 is 16.8 Å². The van der Waals surface area contributed by atoms with Crippen molar-refractivity contribution in [3.8, 4) is 5.75 Å². The fraction of sp³-hybridized carbons (Fsp3) is 0.318. The third kappa shape index (κ3) is 3.69. The van der Waals surface area contributed by atoms with Gasteiger partial charge in [-0.2, -0.15) is 0 Å². The molecule has 0 bridgehead atoms. The summed E-state index contributed by atoms with van der Waals surface area (Å²) in [6.45, 7) is 1.73. The van der Waals surface area contributed by atoms with Crippen molar-refractivity contribution in [1.29, 1.82) is 0 Å². The van der Waals surface area contributed by atoms with Crippen LogP contribution in [0.25, 0.3) is 10.9 Å². The highest BCUT2D eigenvalue weighted by atomic mass is 16.5. The maximum atomic E-state index is 12.5. The summed E-state index contributed by atoms with van der Waals surface area (Å²) in [5.41, 5.74) is 3.42. The summed E-state index contributed by atoms with van der Waals surface area (Å²) in [6.07, 6.45) is 2.84. The summed E-state index contributed by atoms with van der Waals surface area (Å²) >= 11 is 0. The van der Waals surface area contributed by atoms with Crippen LogP contribution in [0.2, 0.25) is 0 Å². The first kappa shape index (κ1) is 17.6. The second-order valence-electron chi connectivity index (χ2n) is 6.92. The number of amides is 1. The maximum Gasteiger partial charge on any atom is 0.225 e. The Morgan fingerprint density at radius 3 is 2.81 bits per heavy atom. The number of fused-ring (bicyclic) bond motifs is 1. The lowest BCUT2D eigenvalue weighted by Gasteiger charge is -2.19. The highest BCUT2D eigenvalue weighted by Crippen LogP contribution is 2.31. The van der Waals surface area contributed by atoms with Crippen LogP contribution in [-0.4, -0.2) is 37.8 Å². The van der Waals surface area contributed by atoms with Crippen molar-refractivity contribution in [2.24, 2.45) is 5.92 Å². The molecule has 2 aromatic carbocycles. The zero-order valence-electron chi connectivity index (χ0n) is 15.4. The highest BCUT2D eigenvalue weighted by molar-refractivity contribution is 5.84. The van der Waals surface area contributed by atoms with Crippen LogP contribution in [0.5, 0.6) is 5.75 Å². The molecule has 0 aliphatic carbocycles.